The lowest BCUT2D eigenvalue weighted by atomic mass is 9.97. The highest BCUT2D eigenvalue weighted by atomic mass is 32.1. The molecule has 26 heavy (non-hydrogen) atoms. The number of fused-ring (bicyclic) bond motifs is 1. The van der Waals surface area contributed by atoms with Gasteiger partial charge in [0, 0.05) is 17.5 Å². The van der Waals surface area contributed by atoms with E-state index in [1.807, 2.05) is 0 Å². The van der Waals surface area contributed by atoms with E-state index < -0.39 is 0 Å². The summed E-state index contributed by atoms with van der Waals surface area (Å²) in [6, 6.07) is 4.31. The summed E-state index contributed by atoms with van der Waals surface area (Å²) in [4.78, 5) is 17.4. The predicted molar refractivity (Wildman–Crippen MR) is 97.0 cm³/mol. The molecule has 0 saturated carbocycles. The van der Waals surface area contributed by atoms with E-state index >= 15 is 0 Å². The van der Waals surface area contributed by atoms with Crippen molar-refractivity contribution in [2.75, 3.05) is 25.5 Å². The summed E-state index contributed by atoms with van der Waals surface area (Å²) in [5, 5.41) is 11.1. The number of carbonyl (C=O) groups excluding carboxylic acids is 1. The number of anilines is 1. The Morgan fingerprint density at radius 2 is 2.23 bits per heavy atom. The monoisotopic (exact) mass is 375 g/mol. The minimum absolute atomic E-state index is 0.00383. The van der Waals surface area contributed by atoms with Crippen molar-refractivity contribution in [3.8, 4) is 17.0 Å². The van der Waals surface area contributed by atoms with Crippen LogP contribution >= 0.6 is 11.3 Å². The Bertz CT molecular complexity index is 948. The summed E-state index contributed by atoms with van der Waals surface area (Å²) in [7, 11) is 1.49. The molecule has 2 N–H and O–H groups in total. The maximum absolute atomic E-state index is 13.4. The van der Waals surface area contributed by atoms with Gasteiger partial charge in [-0.2, -0.15) is 0 Å². The lowest BCUT2D eigenvalue weighted by molar-refractivity contribution is -0.120. The molecule has 0 aliphatic carbocycles. The summed E-state index contributed by atoms with van der Waals surface area (Å²) < 4.78 is 20.4. The van der Waals surface area contributed by atoms with E-state index in [4.69, 9.17) is 4.74 Å². The van der Waals surface area contributed by atoms with Crippen molar-refractivity contribution in [2.24, 2.45) is 5.92 Å². The van der Waals surface area contributed by atoms with Gasteiger partial charge in [-0.3, -0.25) is 4.79 Å². The predicted octanol–water partition coefficient (Wildman–Crippen LogP) is 2.54. The van der Waals surface area contributed by atoms with Gasteiger partial charge in [0.25, 0.3) is 0 Å². The topological polar surface area (TPSA) is 80.5 Å². The molecule has 0 unspecified atom stereocenters. The van der Waals surface area contributed by atoms with Crippen molar-refractivity contribution in [1.29, 1.82) is 0 Å². The number of nitrogens with one attached hydrogen (secondary N) is 2. The fraction of sp³-hybridized carbons (Fsp3) is 0.353. The minimum Gasteiger partial charge on any atom is -0.496 e. The van der Waals surface area contributed by atoms with E-state index in [1.54, 1.807) is 16.8 Å². The Hall–Kier alpha value is -2.52. The summed E-state index contributed by atoms with van der Waals surface area (Å²) in [5.41, 5.74) is 1.36. The third kappa shape index (κ3) is 3.15. The van der Waals surface area contributed by atoms with Crippen molar-refractivity contribution < 1.29 is 13.9 Å². The van der Waals surface area contributed by atoms with E-state index in [2.05, 4.69) is 20.7 Å². The Balaban J connectivity index is 1.62. The zero-order valence-corrected chi connectivity index (χ0v) is 15.0. The third-order valence-electron chi connectivity index (χ3n) is 4.47. The van der Waals surface area contributed by atoms with Gasteiger partial charge in [-0.1, -0.05) is 11.3 Å². The fourth-order valence-corrected chi connectivity index (χ4v) is 3.87. The number of rotatable bonds is 4. The van der Waals surface area contributed by atoms with Crippen molar-refractivity contribution in [3.63, 3.8) is 0 Å². The smallest absolute Gasteiger partial charge is 0.229 e. The standard InChI is InChI=1S/C17H18FN5O2S/c1-25-14-8-11(18)2-3-12(14)13-9-20-17-23(13)22-16(26-17)21-15(24)10-4-6-19-7-5-10/h2-3,8-10,19H,4-7H2,1H3,(H,21,22,24). The van der Waals surface area contributed by atoms with Crippen LogP contribution in [-0.2, 0) is 4.79 Å². The SMILES string of the molecule is COc1cc(F)ccc1-c1cnc2sc(NC(=O)C3CCNCC3)nn12. The van der Waals surface area contributed by atoms with Crippen LogP contribution < -0.4 is 15.4 Å². The summed E-state index contributed by atoms with van der Waals surface area (Å²) in [6.45, 7) is 1.71. The number of nitrogens with zero attached hydrogens (tertiary/aromatic N) is 3. The maximum Gasteiger partial charge on any atom is 0.229 e. The molecule has 0 radical (unpaired) electrons. The molecule has 9 heteroatoms. The molecule has 0 atom stereocenters. The first-order chi connectivity index (χ1) is 12.7. The van der Waals surface area contributed by atoms with Crippen molar-refractivity contribution in [2.45, 2.75) is 12.8 Å². The highest BCUT2D eigenvalue weighted by Crippen LogP contribution is 2.33. The average Bonchev–Trinajstić information content (AvgIpc) is 3.22. The van der Waals surface area contributed by atoms with Gasteiger partial charge in [-0.05, 0) is 38.1 Å². The molecule has 1 aliphatic rings. The molecule has 0 bridgehead atoms. The van der Waals surface area contributed by atoms with Crippen molar-refractivity contribution in [3.05, 3.63) is 30.2 Å². The number of halogens is 1. The van der Waals surface area contributed by atoms with Crippen LogP contribution in [0.3, 0.4) is 0 Å². The number of amides is 1. The van der Waals surface area contributed by atoms with Crippen LogP contribution in [0.25, 0.3) is 16.2 Å². The number of ether oxygens (including phenoxy) is 1. The van der Waals surface area contributed by atoms with Gasteiger partial charge < -0.3 is 15.4 Å². The van der Waals surface area contributed by atoms with Gasteiger partial charge in [0.15, 0.2) is 0 Å². The van der Waals surface area contributed by atoms with E-state index in [0.29, 0.717) is 27.1 Å². The maximum atomic E-state index is 13.4. The number of imidazole rings is 1. The van der Waals surface area contributed by atoms with Gasteiger partial charge in [0.2, 0.25) is 16.0 Å². The van der Waals surface area contributed by atoms with Gasteiger partial charge >= 0.3 is 0 Å². The number of hydrogen-bond donors (Lipinski definition) is 2. The van der Waals surface area contributed by atoms with Crippen LogP contribution in [0, 0.1) is 11.7 Å². The molecular weight excluding hydrogens is 357 g/mol. The normalized spacial score (nSPS) is 15.3. The zero-order valence-electron chi connectivity index (χ0n) is 14.2. The molecule has 3 heterocycles. The van der Waals surface area contributed by atoms with Crippen LogP contribution in [0.4, 0.5) is 9.52 Å². The second kappa shape index (κ2) is 7.00. The second-order valence-electron chi connectivity index (χ2n) is 6.10. The van der Waals surface area contributed by atoms with E-state index in [9.17, 15) is 9.18 Å². The number of benzene rings is 1. The summed E-state index contributed by atoms with van der Waals surface area (Å²) >= 11 is 1.30. The Morgan fingerprint density at radius 1 is 1.42 bits per heavy atom. The second-order valence-corrected chi connectivity index (χ2v) is 7.06. The fourth-order valence-electron chi connectivity index (χ4n) is 3.10. The van der Waals surface area contributed by atoms with Crippen LogP contribution in [0.2, 0.25) is 0 Å². The average molecular weight is 375 g/mol. The largest absolute Gasteiger partial charge is 0.496 e. The Kier molecular flexibility index (Phi) is 4.56. The summed E-state index contributed by atoms with van der Waals surface area (Å²) in [5.74, 6) is 0.0215. The minimum atomic E-state index is -0.375. The Labute approximate surface area is 153 Å². The van der Waals surface area contributed by atoms with Gasteiger partial charge in [0.1, 0.15) is 11.6 Å². The molecule has 1 amide bonds. The van der Waals surface area contributed by atoms with Crippen molar-refractivity contribution in [1.82, 2.24) is 19.9 Å². The molecule has 1 saturated heterocycles. The number of methoxy groups -OCH3 is 1. The molecule has 0 spiro atoms. The van der Waals surface area contributed by atoms with Crippen LogP contribution in [0.15, 0.2) is 24.4 Å². The molecule has 4 rings (SSSR count). The molecule has 7 nitrogen and oxygen atoms in total. The van der Waals surface area contributed by atoms with E-state index in [1.165, 1.54) is 30.6 Å². The number of piperidine rings is 1. The zero-order chi connectivity index (χ0) is 18.1. The molecule has 1 aliphatic heterocycles. The van der Waals surface area contributed by atoms with Crippen LogP contribution in [0.5, 0.6) is 5.75 Å². The van der Waals surface area contributed by atoms with Crippen LogP contribution in [-0.4, -0.2) is 40.7 Å². The molecule has 136 valence electrons. The lowest BCUT2D eigenvalue weighted by Gasteiger charge is -2.20. The first-order valence-corrected chi connectivity index (χ1v) is 9.17. The van der Waals surface area contributed by atoms with Crippen molar-refractivity contribution >= 4 is 27.3 Å². The lowest BCUT2D eigenvalue weighted by Crippen LogP contribution is -2.34. The molecule has 1 aromatic carbocycles. The summed E-state index contributed by atoms with van der Waals surface area (Å²) in [6.07, 6.45) is 3.31. The number of hydrogen-bond acceptors (Lipinski definition) is 6. The number of carbonyl (C=O) groups is 1. The third-order valence-corrected chi connectivity index (χ3v) is 5.30. The first kappa shape index (κ1) is 16.9. The van der Waals surface area contributed by atoms with E-state index in [-0.39, 0.29) is 17.6 Å². The Morgan fingerprint density at radius 3 is 3.00 bits per heavy atom. The van der Waals surface area contributed by atoms with Gasteiger partial charge in [0.05, 0.1) is 19.0 Å². The quantitative estimate of drug-likeness (QED) is 0.733. The van der Waals surface area contributed by atoms with Gasteiger partial charge in [-0.25, -0.2) is 13.9 Å². The highest BCUT2D eigenvalue weighted by Gasteiger charge is 2.23. The molecule has 3 aromatic rings. The molecule has 1 fully saturated rings. The highest BCUT2D eigenvalue weighted by molar-refractivity contribution is 7.20. The van der Waals surface area contributed by atoms with E-state index in [0.717, 1.165) is 25.9 Å². The molecular formula is C17H18FN5O2S. The molecule has 2 aromatic heterocycles. The van der Waals surface area contributed by atoms with Gasteiger partial charge in [-0.15, -0.1) is 5.10 Å². The number of aromatic nitrogens is 3. The first-order valence-electron chi connectivity index (χ1n) is 8.36. The van der Waals surface area contributed by atoms with Crippen LogP contribution in [0.1, 0.15) is 12.8 Å².